The summed E-state index contributed by atoms with van der Waals surface area (Å²) in [6, 6.07) is 14.7. The average molecular weight is 350 g/mol. The van der Waals surface area contributed by atoms with E-state index in [1.807, 2.05) is 36.4 Å². The van der Waals surface area contributed by atoms with E-state index in [4.69, 9.17) is 9.47 Å². The summed E-state index contributed by atoms with van der Waals surface area (Å²) in [7, 11) is 0. The van der Waals surface area contributed by atoms with Crippen molar-refractivity contribution in [2.24, 2.45) is 0 Å². The number of carbonyl (C=O) groups is 2. The molecule has 0 amide bonds. The molecule has 0 saturated heterocycles. The minimum Gasteiger partial charge on any atom is -0.462 e. The topological polar surface area (TPSA) is 52.6 Å². The van der Waals surface area contributed by atoms with Crippen LogP contribution in [0.5, 0.6) is 0 Å². The van der Waals surface area contributed by atoms with Crippen molar-refractivity contribution in [3.05, 3.63) is 70.8 Å². The zero-order chi connectivity index (χ0) is 18.2. The molecule has 134 valence electrons. The van der Waals surface area contributed by atoms with E-state index in [1.165, 1.54) is 0 Å². The van der Waals surface area contributed by atoms with Gasteiger partial charge in [-0.1, -0.05) is 36.4 Å². The minimum absolute atomic E-state index is 0.292. The quantitative estimate of drug-likeness (QED) is 0.644. The van der Waals surface area contributed by atoms with Crippen molar-refractivity contribution in [1.82, 2.24) is 0 Å². The van der Waals surface area contributed by atoms with Gasteiger partial charge in [-0.05, 0) is 61.1 Å². The predicted molar refractivity (Wildman–Crippen MR) is 101 cm³/mol. The van der Waals surface area contributed by atoms with E-state index in [1.54, 1.807) is 24.3 Å². The lowest BCUT2D eigenvalue weighted by Crippen LogP contribution is -2.07. The molecule has 4 bridgehead atoms. The number of hydrogen-bond acceptors (Lipinski definition) is 4. The molecule has 26 heavy (non-hydrogen) atoms. The standard InChI is InChI=1S/C22H22O4/c23-21-19-11-7-17(8-12-19)5-6-18-9-13-20(14-10-18)22(24)26-16-4-2-1-3-15-25-21/h5-14H,1-4,15-16H2/b6-5-. The number of fused-ring (bicyclic) bond motifs is 2. The number of hydrogen-bond donors (Lipinski definition) is 0. The predicted octanol–water partition coefficient (Wildman–Crippen LogP) is 4.74. The maximum Gasteiger partial charge on any atom is 0.338 e. The van der Waals surface area contributed by atoms with Crippen LogP contribution in [0.1, 0.15) is 57.5 Å². The maximum absolute atomic E-state index is 12.0. The molecule has 5 rings (SSSR count). The average Bonchev–Trinajstić information content (AvgIpc) is 2.68. The monoisotopic (exact) mass is 350 g/mol. The molecule has 0 N–H and O–H groups in total. The molecule has 0 radical (unpaired) electrons. The molecule has 4 heteroatoms. The van der Waals surface area contributed by atoms with Crippen LogP contribution in [0.3, 0.4) is 0 Å². The second-order valence-corrected chi connectivity index (χ2v) is 6.26. The number of carbonyl (C=O) groups excluding carboxylic acids is 2. The van der Waals surface area contributed by atoms with Crippen LogP contribution in [0.4, 0.5) is 0 Å². The molecule has 3 aliphatic rings. The molecule has 0 aliphatic carbocycles. The zero-order valence-corrected chi connectivity index (χ0v) is 14.6. The first kappa shape index (κ1) is 17.9. The van der Waals surface area contributed by atoms with Crippen molar-refractivity contribution >= 4 is 24.1 Å². The molecule has 0 fully saturated rings. The van der Waals surface area contributed by atoms with Crippen molar-refractivity contribution in [2.45, 2.75) is 25.7 Å². The fourth-order valence-electron chi connectivity index (χ4n) is 2.71. The van der Waals surface area contributed by atoms with Gasteiger partial charge in [0.15, 0.2) is 0 Å². The van der Waals surface area contributed by atoms with E-state index in [0.29, 0.717) is 24.3 Å². The molecule has 0 atom stereocenters. The molecule has 0 unspecified atom stereocenters. The van der Waals surface area contributed by atoms with Crippen LogP contribution < -0.4 is 0 Å². The van der Waals surface area contributed by atoms with Gasteiger partial charge in [0.05, 0.1) is 24.3 Å². The first-order valence-electron chi connectivity index (χ1n) is 8.95. The van der Waals surface area contributed by atoms with Crippen molar-refractivity contribution < 1.29 is 19.1 Å². The highest BCUT2D eigenvalue weighted by molar-refractivity contribution is 5.90. The Morgan fingerprint density at radius 3 is 1.31 bits per heavy atom. The van der Waals surface area contributed by atoms with Crippen LogP contribution in [-0.4, -0.2) is 25.2 Å². The summed E-state index contributed by atoms with van der Waals surface area (Å²) in [4.78, 5) is 24.0. The molecule has 4 nitrogen and oxygen atoms in total. The van der Waals surface area contributed by atoms with Gasteiger partial charge >= 0.3 is 11.9 Å². The summed E-state index contributed by atoms with van der Waals surface area (Å²) >= 11 is 0. The summed E-state index contributed by atoms with van der Waals surface area (Å²) in [5.74, 6) is -0.584. The molecule has 2 aromatic carbocycles. The Morgan fingerprint density at radius 1 is 0.538 bits per heavy atom. The van der Waals surface area contributed by atoms with Crippen LogP contribution >= 0.6 is 0 Å². The van der Waals surface area contributed by atoms with E-state index in [0.717, 1.165) is 36.8 Å². The summed E-state index contributed by atoms with van der Waals surface area (Å²) in [6.07, 6.45) is 7.40. The van der Waals surface area contributed by atoms with Crippen molar-refractivity contribution in [3.8, 4) is 0 Å². The Morgan fingerprint density at radius 2 is 0.923 bits per heavy atom. The third-order valence-electron chi connectivity index (χ3n) is 4.27. The van der Waals surface area contributed by atoms with Crippen molar-refractivity contribution in [1.29, 1.82) is 0 Å². The first-order valence-corrected chi connectivity index (χ1v) is 8.95. The van der Waals surface area contributed by atoms with Gasteiger partial charge in [-0.3, -0.25) is 0 Å². The van der Waals surface area contributed by atoms with Gasteiger partial charge in [-0.2, -0.15) is 0 Å². The normalized spacial score (nSPS) is 17.4. The van der Waals surface area contributed by atoms with Crippen LogP contribution in [0.15, 0.2) is 48.5 Å². The third kappa shape index (κ3) is 5.06. The molecular formula is C22H22O4. The highest BCUT2D eigenvalue weighted by Gasteiger charge is 2.08. The molecule has 0 spiro atoms. The summed E-state index contributed by atoms with van der Waals surface area (Å²) in [5.41, 5.74) is 3.10. The second kappa shape index (κ2) is 8.99. The summed E-state index contributed by atoms with van der Waals surface area (Å²) in [5, 5.41) is 0. The largest absolute Gasteiger partial charge is 0.462 e. The molecule has 2 aromatic rings. The summed E-state index contributed by atoms with van der Waals surface area (Å²) in [6.45, 7) is 0.818. The van der Waals surface area contributed by atoms with E-state index in [-0.39, 0.29) is 11.9 Å². The minimum atomic E-state index is -0.292. The molecule has 0 aromatic heterocycles. The fraction of sp³-hybridized carbons (Fsp3) is 0.273. The Balaban J connectivity index is 1.77. The molecular weight excluding hydrogens is 328 g/mol. The van der Waals surface area contributed by atoms with Crippen molar-refractivity contribution in [3.63, 3.8) is 0 Å². The fourth-order valence-corrected chi connectivity index (χ4v) is 2.71. The van der Waals surface area contributed by atoms with E-state index >= 15 is 0 Å². The number of benzene rings is 2. The lowest BCUT2D eigenvalue weighted by molar-refractivity contribution is 0.0473. The van der Waals surface area contributed by atoms with Gasteiger partial charge < -0.3 is 9.47 Å². The van der Waals surface area contributed by atoms with Crippen molar-refractivity contribution in [2.75, 3.05) is 13.2 Å². The van der Waals surface area contributed by atoms with Gasteiger partial charge in [-0.15, -0.1) is 0 Å². The van der Waals surface area contributed by atoms with E-state index in [9.17, 15) is 9.59 Å². The Hall–Kier alpha value is -2.88. The van der Waals surface area contributed by atoms with E-state index in [2.05, 4.69) is 0 Å². The third-order valence-corrected chi connectivity index (χ3v) is 4.27. The van der Waals surface area contributed by atoms with Crippen LogP contribution in [0, 0.1) is 0 Å². The van der Waals surface area contributed by atoms with E-state index < -0.39 is 0 Å². The molecule has 3 aliphatic heterocycles. The number of ether oxygens (including phenoxy) is 2. The number of esters is 2. The zero-order valence-electron chi connectivity index (χ0n) is 14.6. The Labute approximate surface area is 153 Å². The summed E-state index contributed by atoms with van der Waals surface area (Å²) < 4.78 is 10.6. The van der Waals surface area contributed by atoms with Crippen LogP contribution in [0.25, 0.3) is 12.2 Å². The molecule has 0 saturated carbocycles. The van der Waals surface area contributed by atoms with Gasteiger partial charge in [0.1, 0.15) is 0 Å². The first-order chi connectivity index (χ1) is 12.7. The lowest BCUT2D eigenvalue weighted by atomic mass is 10.1. The molecule has 3 heterocycles. The maximum atomic E-state index is 12.0. The van der Waals surface area contributed by atoms with Gasteiger partial charge in [0.25, 0.3) is 0 Å². The second-order valence-electron chi connectivity index (χ2n) is 6.26. The van der Waals surface area contributed by atoms with Gasteiger partial charge in [0, 0.05) is 0 Å². The van der Waals surface area contributed by atoms with Gasteiger partial charge in [0.2, 0.25) is 0 Å². The SMILES string of the molecule is O=C1OCCCCCCOC(=O)c2ccc(cc2)/C=C\c2ccc1cc2. The van der Waals surface area contributed by atoms with Crippen LogP contribution in [0.2, 0.25) is 0 Å². The lowest BCUT2D eigenvalue weighted by Gasteiger charge is -2.07. The van der Waals surface area contributed by atoms with Gasteiger partial charge in [-0.25, -0.2) is 9.59 Å². The van der Waals surface area contributed by atoms with Crippen LogP contribution in [-0.2, 0) is 9.47 Å². The highest BCUT2D eigenvalue weighted by atomic mass is 16.5. The number of rotatable bonds is 0. The Kier molecular flexibility index (Phi) is 6.20. The Bertz CT molecular complexity index is 705. The highest BCUT2D eigenvalue weighted by Crippen LogP contribution is 2.13. The smallest absolute Gasteiger partial charge is 0.338 e.